The average Bonchev–Trinajstić information content (AvgIpc) is 2.76. The summed E-state index contributed by atoms with van der Waals surface area (Å²) in [6, 6.07) is 39.7. The quantitative estimate of drug-likeness (QED) is 0.375. The van der Waals surface area contributed by atoms with Crippen molar-refractivity contribution in [3.05, 3.63) is 126 Å². The molecule has 0 fully saturated rings. The van der Waals surface area contributed by atoms with Crippen LogP contribution in [0.1, 0.15) is 17.2 Å². The van der Waals surface area contributed by atoms with Gasteiger partial charge in [0.1, 0.15) is 11.9 Å². The smallest absolute Gasteiger partial charge is 0.128 e. The van der Waals surface area contributed by atoms with E-state index in [-0.39, 0.29) is 6.10 Å². The van der Waals surface area contributed by atoms with Crippen LogP contribution in [0.2, 0.25) is 0 Å². The molecule has 1 nitrogen and oxygen atoms in total. The van der Waals surface area contributed by atoms with Crippen LogP contribution in [0.3, 0.4) is 0 Å². The number of hydrogen-bond acceptors (Lipinski definition) is 1. The number of benzene rings is 4. The van der Waals surface area contributed by atoms with Crippen LogP contribution in [-0.4, -0.2) is 0 Å². The van der Waals surface area contributed by atoms with Gasteiger partial charge in [-0.05, 0) is 34.4 Å². The van der Waals surface area contributed by atoms with Gasteiger partial charge in [-0.2, -0.15) is 0 Å². The molecule has 0 bridgehead atoms. The Hall–Kier alpha value is -3.32. The van der Waals surface area contributed by atoms with Crippen LogP contribution >= 0.6 is 0 Å². The standard InChI is InChI=1S/C26H22O/c1-4-10-21(11-5-1)20-26(27-25-14-8-3-9-15-25)24-18-16-23(17-19-24)22-12-6-2-7-13-22/h1-19,26H,20H2. The molecule has 0 saturated heterocycles. The summed E-state index contributed by atoms with van der Waals surface area (Å²) in [4.78, 5) is 0. The van der Waals surface area contributed by atoms with E-state index >= 15 is 0 Å². The third-order valence-electron chi connectivity index (χ3n) is 4.68. The van der Waals surface area contributed by atoms with Crippen LogP contribution in [0.25, 0.3) is 11.1 Å². The second kappa shape index (κ2) is 8.37. The third-order valence-corrected chi connectivity index (χ3v) is 4.68. The maximum absolute atomic E-state index is 6.35. The molecule has 0 aliphatic carbocycles. The molecular weight excluding hydrogens is 328 g/mol. The van der Waals surface area contributed by atoms with Gasteiger partial charge in [-0.3, -0.25) is 0 Å². The van der Waals surface area contributed by atoms with Crippen LogP contribution < -0.4 is 4.74 Å². The first-order valence-electron chi connectivity index (χ1n) is 9.29. The van der Waals surface area contributed by atoms with Crippen molar-refractivity contribution in [1.29, 1.82) is 0 Å². The van der Waals surface area contributed by atoms with E-state index in [1.165, 1.54) is 22.3 Å². The molecule has 1 unspecified atom stereocenters. The lowest BCUT2D eigenvalue weighted by atomic mass is 9.98. The SMILES string of the molecule is c1ccc(CC(Oc2ccccc2)c2ccc(-c3ccccc3)cc2)cc1. The molecule has 4 rings (SSSR count). The molecule has 132 valence electrons. The van der Waals surface area contributed by atoms with Crippen molar-refractivity contribution in [2.75, 3.05) is 0 Å². The van der Waals surface area contributed by atoms with E-state index in [1.807, 2.05) is 42.5 Å². The van der Waals surface area contributed by atoms with Crippen molar-refractivity contribution in [3.8, 4) is 16.9 Å². The highest BCUT2D eigenvalue weighted by atomic mass is 16.5. The molecule has 0 spiro atoms. The van der Waals surface area contributed by atoms with Gasteiger partial charge in [0.25, 0.3) is 0 Å². The minimum atomic E-state index is -0.0281. The largest absolute Gasteiger partial charge is 0.485 e. The van der Waals surface area contributed by atoms with Crippen molar-refractivity contribution in [2.45, 2.75) is 12.5 Å². The van der Waals surface area contributed by atoms with Gasteiger partial charge in [0, 0.05) is 6.42 Å². The first-order valence-corrected chi connectivity index (χ1v) is 9.29. The summed E-state index contributed by atoms with van der Waals surface area (Å²) in [5.74, 6) is 0.894. The lowest BCUT2D eigenvalue weighted by Crippen LogP contribution is -2.11. The molecule has 1 atom stereocenters. The minimum absolute atomic E-state index is 0.0281. The Balaban J connectivity index is 1.61. The Labute approximate surface area is 160 Å². The normalized spacial score (nSPS) is 11.7. The number of ether oxygens (including phenoxy) is 1. The van der Waals surface area contributed by atoms with Crippen molar-refractivity contribution < 1.29 is 4.74 Å². The van der Waals surface area contributed by atoms with Crippen molar-refractivity contribution in [3.63, 3.8) is 0 Å². The number of rotatable bonds is 6. The van der Waals surface area contributed by atoms with Crippen LogP contribution in [0.4, 0.5) is 0 Å². The van der Waals surface area contributed by atoms with Crippen LogP contribution in [0.15, 0.2) is 115 Å². The molecule has 0 heterocycles. The van der Waals surface area contributed by atoms with E-state index in [0.717, 1.165) is 12.2 Å². The Bertz CT molecular complexity index is 904. The Morgan fingerprint density at radius 1 is 0.519 bits per heavy atom. The molecule has 4 aromatic carbocycles. The van der Waals surface area contributed by atoms with E-state index in [2.05, 4.69) is 72.8 Å². The van der Waals surface area contributed by atoms with Gasteiger partial charge in [0.2, 0.25) is 0 Å². The molecule has 0 N–H and O–H groups in total. The fourth-order valence-corrected chi connectivity index (χ4v) is 3.24. The van der Waals surface area contributed by atoms with Gasteiger partial charge >= 0.3 is 0 Å². The van der Waals surface area contributed by atoms with Crippen LogP contribution in [0, 0.1) is 0 Å². The minimum Gasteiger partial charge on any atom is -0.485 e. The van der Waals surface area contributed by atoms with E-state index in [4.69, 9.17) is 4.74 Å². The average molecular weight is 350 g/mol. The van der Waals surface area contributed by atoms with Crippen LogP contribution in [0.5, 0.6) is 5.75 Å². The van der Waals surface area contributed by atoms with E-state index < -0.39 is 0 Å². The fourth-order valence-electron chi connectivity index (χ4n) is 3.24. The predicted molar refractivity (Wildman–Crippen MR) is 112 cm³/mol. The third kappa shape index (κ3) is 4.45. The Kier molecular flexibility index (Phi) is 5.31. The fraction of sp³-hybridized carbons (Fsp3) is 0.0769. The highest BCUT2D eigenvalue weighted by Gasteiger charge is 2.15. The summed E-state index contributed by atoms with van der Waals surface area (Å²) < 4.78 is 6.35. The molecule has 1 heteroatoms. The molecule has 27 heavy (non-hydrogen) atoms. The van der Waals surface area contributed by atoms with E-state index in [0.29, 0.717) is 0 Å². The van der Waals surface area contributed by atoms with Gasteiger partial charge in [-0.25, -0.2) is 0 Å². The number of para-hydroxylation sites is 1. The Morgan fingerprint density at radius 2 is 1.04 bits per heavy atom. The summed E-state index contributed by atoms with van der Waals surface area (Å²) in [5, 5.41) is 0. The zero-order chi connectivity index (χ0) is 18.3. The molecule has 0 amide bonds. The first kappa shape index (κ1) is 17.1. The monoisotopic (exact) mass is 350 g/mol. The molecule has 0 aliphatic heterocycles. The van der Waals surface area contributed by atoms with Crippen molar-refractivity contribution in [1.82, 2.24) is 0 Å². The van der Waals surface area contributed by atoms with E-state index in [9.17, 15) is 0 Å². The summed E-state index contributed by atoms with van der Waals surface area (Å²) in [7, 11) is 0. The molecule has 0 aromatic heterocycles. The Morgan fingerprint density at radius 3 is 1.67 bits per heavy atom. The topological polar surface area (TPSA) is 9.23 Å². The maximum Gasteiger partial charge on any atom is 0.128 e. The summed E-state index contributed by atoms with van der Waals surface area (Å²) in [6.07, 6.45) is 0.806. The van der Waals surface area contributed by atoms with Gasteiger partial charge in [0.05, 0.1) is 0 Å². The summed E-state index contributed by atoms with van der Waals surface area (Å²) >= 11 is 0. The highest BCUT2D eigenvalue weighted by molar-refractivity contribution is 5.63. The van der Waals surface area contributed by atoms with Crippen molar-refractivity contribution >= 4 is 0 Å². The lowest BCUT2D eigenvalue weighted by Gasteiger charge is -2.20. The highest BCUT2D eigenvalue weighted by Crippen LogP contribution is 2.28. The van der Waals surface area contributed by atoms with Gasteiger partial charge in [0.15, 0.2) is 0 Å². The van der Waals surface area contributed by atoms with Gasteiger partial charge < -0.3 is 4.74 Å². The van der Waals surface area contributed by atoms with Gasteiger partial charge in [-0.15, -0.1) is 0 Å². The molecule has 0 radical (unpaired) electrons. The summed E-state index contributed by atoms with van der Waals surface area (Å²) in [5.41, 5.74) is 4.90. The zero-order valence-corrected chi connectivity index (χ0v) is 15.2. The predicted octanol–water partition coefficient (Wildman–Crippen LogP) is 6.72. The molecule has 0 aliphatic rings. The van der Waals surface area contributed by atoms with Crippen molar-refractivity contribution in [2.24, 2.45) is 0 Å². The van der Waals surface area contributed by atoms with Crippen LogP contribution in [-0.2, 0) is 6.42 Å². The van der Waals surface area contributed by atoms with Gasteiger partial charge in [-0.1, -0.05) is 103 Å². The molecule has 4 aromatic rings. The second-order valence-electron chi connectivity index (χ2n) is 6.60. The zero-order valence-electron chi connectivity index (χ0n) is 15.2. The molecule has 0 saturated carbocycles. The lowest BCUT2D eigenvalue weighted by molar-refractivity contribution is 0.206. The second-order valence-corrected chi connectivity index (χ2v) is 6.60. The number of hydrogen-bond donors (Lipinski definition) is 0. The first-order chi connectivity index (χ1) is 13.4. The maximum atomic E-state index is 6.35. The van der Waals surface area contributed by atoms with E-state index in [1.54, 1.807) is 0 Å². The summed E-state index contributed by atoms with van der Waals surface area (Å²) in [6.45, 7) is 0. The molecular formula is C26H22O.